The number of ether oxygens (including phenoxy) is 2. The smallest absolute Gasteiger partial charge is 0.267 e. The SMILES string of the molecule is CC1CN(c2ccc(NC(=O)c3sccc3S(=O)(=O)N3CCOCC3)cn2)CC(C)O1. The van der Waals surface area contributed by atoms with Gasteiger partial charge in [0.05, 0.1) is 37.3 Å². The summed E-state index contributed by atoms with van der Waals surface area (Å²) in [5.74, 6) is 0.344. The zero-order chi connectivity index (χ0) is 22.0. The van der Waals surface area contributed by atoms with E-state index in [4.69, 9.17) is 9.47 Å². The van der Waals surface area contributed by atoms with Crippen LogP contribution in [0.25, 0.3) is 0 Å². The quantitative estimate of drug-likeness (QED) is 0.719. The van der Waals surface area contributed by atoms with Crippen LogP contribution < -0.4 is 10.2 Å². The van der Waals surface area contributed by atoms with Gasteiger partial charge in [0.25, 0.3) is 5.91 Å². The number of morpholine rings is 2. The van der Waals surface area contributed by atoms with E-state index in [0.717, 1.165) is 30.2 Å². The average Bonchev–Trinajstić information content (AvgIpc) is 3.25. The molecule has 168 valence electrons. The van der Waals surface area contributed by atoms with Gasteiger partial charge < -0.3 is 19.7 Å². The number of pyridine rings is 1. The molecule has 0 bridgehead atoms. The lowest BCUT2D eigenvalue weighted by Crippen LogP contribution is -2.45. The van der Waals surface area contributed by atoms with Crippen molar-refractivity contribution < 1.29 is 22.7 Å². The van der Waals surface area contributed by atoms with Gasteiger partial charge in [-0.2, -0.15) is 4.31 Å². The number of anilines is 2. The number of rotatable bonds is 5. The summed E-state index contributed by atoms with van der Waals surface area (Å²) in [6.45, 7) is 6.82. The van der Waals surface area contributed by atoms with E-state index in [1.807, 2.05) is 19.9 Å². The molecule has 2 aromatic rings. The second-order valence-electron chi connectivity index (χ2n) is 7.65. The second kappa shape index (κ2) is 9.21. The standard InChI is InChI=1S/C20H26N4O5S2/c1-14-12-23(13-15(2)29-14)18-4-3-16(11-21-18)22-20(25)19-17(5-10-30-19)31(26,27)24-6-8-28-9-7-24/h3-5,10-11,14-15H,6-9,12-13H2,1-2H3,(H,22,25). The molecule has 11 heteroatoms. The molecule has 2 fully saturated rings. The molecule has 4 heterocycles. The zero-order valence-corrected chi connectivity index (χ0v) is 19.1. The molecule has 9 nitrogen and oxygen atoms in total. The van der Waals surface area contributed by atoms with Gasteiger partial charge >= 0.3 is 0 Å². The number of hydrogen-bond acceptors (Lipinski definition) is 8. The first-order valence-electron chi connectivity index (χ1n) is 10.2. The minimum absolute atomic E-state index is 0.0257. The number of nitrogens with zero attached hydrogens (tertiary/aromatic N) is 3. The molecule has 1 amide bonds. The van der Waals surface area contributed by atoms with E-state index in [2.05, 4.69) is 15.2 Å². The van der Waals surface area contributed by atoms with Crippen LogP contribution in [0.2, 0.25) is 0 Å². The summed E-state index contributed by atoms with van der Waals surface area (Å²) in [6.07, 6.45) is 1.83. The summed E-state index contributed by atoms with van der Waals surface area (Å²) < 4.78 is 38.3. The van der Waals surface area contributed by atoms with Crippen molar-refractivity contribution >= 4 is 38.8 Å². The molecule has 2 atom stereocenters. The second-order valence-corrected chi connectivity index (χ2v) is 10.5. The van der Waals surface area contributed by atoms with E-state index >= 15 is 0 Å². The Labute approximate surface area is 186 Å². The summed E-state index contributed by atoms with van der Waals surface area (Å²) in [5.41, 5.74) is 0.506. The fourth-order valence-electron chi connectivity index (χ4n) is 3.79. The van der Waals surface area contributed by atoms with Crippen LogP contribution in [0.3, 0.4) is 0 Å². The average molecular weight is 467 g/mol. The first-order chi connectivity index (χ1) is 14.8. The maximum Gasteiger partial charge on any atom is 0.267 e. The lowest BCUT2D eigenvalue weighted by molar-refractivity contribution is -0.00545. The van der Waals surface area contributed by atoms with Crippen molar-refractivity contribution in [2.24, 2.45) is 0 Å². The third kappa shape index (κ3) is 4.90. The molecule has 2 saturated heterocycles. The van der Waals surface area contributed by atoms with Gasteiger partial charge in [-0.25, -0.2) is 13.4 Å². The van der Waals surface area contributed by atoms with Crippen molar-refractivity contribution in [3.63, 3.8) is 0 Å². The number of thiophene rings is 1. The van der Waals surface area contributed by atoms with Gasteiger partial charge in [0.15, 0.2) is 0 Å². The van der Waals surface area contributed by atoms with E-state index in [9.17, 15) is 13.2 Å². The number of aromatic nitrogens is 1. The lowest BCUT2D eigenvalue weighted by atomic mass is 10.2. The van der Waals surface area contributed by atoms with Gasteiger partial charge in [-0.15, -0.1) is 11.3 Å². The van der Waals surface area contributed by atoms with Crippen LogP contribution in [0, 0.1) is 0 Å². The molecule has 2 unspecified atom stereocenters. The minimum atomic E-state index is -3.75. The van der Waals surface area contributed by atoms with E-state index in [0.29, 0.717) is 18.9 Å². The molecular weight excluding hydrogens is 440 g/mol. The van der Waals surface area contributed by atoms with Crippen LogP contribution in [0.15, 0.2) is 34.7 Å². The number of sulfonamides is 1. The Morgan fingerprint density at radius 1 is 1.16 bits per heavy atom. The highest BCUT2D eigenvalue weighted by molar-refractivity contribution is 7.89. The highest BCUT2D eigenvalue weighted by atomic mass is 32.2. The Balaban J connectivity index is 1.46. The number of carbonyl (C=O) groups excluding carboxylic acids is 1. The van der Waals surface area contributed by atoms with Crippen molar-refractivity contribution in [1.82, 2.24) is 9.29 Å². The van der Waals surface area contributed by atoms with Gasteiger partial charge in [-0.3, -0.25) is 4.79 Å². The Hall–Kier alpha value is -2.05. The van der Waals surface area contributed by atoms with E-state index in [1.165, 1.54) is 10.4 Å². The van der Waals surface area contributed by atoms with E-state index in [-0.39, 0.29) is 35.1 Å². The fourth-order valence-corrected chi connectivity index (χ4v) is 6.50. The van der Waals surface area contributed by atoms with Gasteiger partial charge in [0.1, 0.15) is 15.6 Å². The Morgan fingerprint density at radius 3 is 2.52 bits per heavy atom. The van der Waals surface area contributed by atoms with Crippen molar-refractivity contribution in [1.29, 1.82) is 0 Å². The number of hydrogen-bond donors (Lipinski definition) is 1. The molecule has 31 heavy (non-hydrogen) atoms. The van der Waals surface area contributed by atoms with E-state index < -0.39 is 15.9 Å². The van der Waals surface area contributed by atoms with Crippen molar-refractivity contribution in [3.8, 4) is 0 Å². The zero-order valence-electron chi connectivity index (χ0n) is 17.5. The van der Waals surface area contributed by atoms with Crippen LogP contribution in [-0.2, 0) is 19.5 Å². The van der Waals surface area contributed by atoms with Gasteiger partial charge in [-0.05, 0) is 37.4 Å². The summed E-state index contributed by atoms with van der Waals surface area (Å²) in [7, 11) is -3.75. The third-order valence-corrected chi connectivity index (χ3v) is 8.16. The summed E-state index contributed by atoms with van der Waals surface area (Å²) >= 11 is 1.10. The molecule has 0 aromatic carbocycles. The number of amides is 1. The molecule has 1 N–H and O–H groups in total. The largest absolute Gasteiger partial charge is 0.379 e. The fraction of sp³-hybridized carbons (Fsp3) is 0.500. The maximum atomic E-state index is 13.0. The molecule has 0 spiro atoms. The lowest BCUT2D eigenvalue weighted by Gasteiger charge is -2.36. The van der Waals surface area contributed by atoms with Crippen molar-refractivity contribution in [3.05, 3.63) is 34.7 Å². The van der Waals surface area contributed by atoms with Gasteiger partial charge in [-0.1, -0.05) is 0 Å². The monoisotopic (exact) mass is 466 g/mol. The number of carbonyl (C=O) groups is 1. The van der Waals surface area contributed by atoms with Gasteiger partial charge in [0.2, 0.25) is 10.0 Å². The molecule has 0 radical (unpaired) electrons. The highest BCUT2D eigenvalue weighted by Gasteiger charge is 2.31. The van der Waals surface area contributed by atoms with Crippen molar-refractivity contribution in [2.75, 3.05) is 49.6 Å². The van der Waals surface area contributed by atoms with Crippen LogP contribution in [-0.4, -0.2) is 75.2 Å². The first-order valence-corrected chi connectivity index (χ1v) is 12.5. The van der Waals surface area contributed by atoms with Crippen LogP contribution >= 0.6 is 11.3 Å². The van der Waals surface area contributed by atoms with Gasteiger partial charge in [0, 0.05) is 26.2 Å². The molecular formula is C20H26N4O5S2. The molecule has 2 aliphatic heterocycles. The predicted octanol–water partition coefficient (Wildman–Crippen LogP) is 2.03. The Morgan fingerprint density at radius 2 is 1.87 bits per heavy atom. The summed E-state index contributed by atoms with van der Waals surface area (Å²) in [4.78, 5) is 19.6. The van der Waals surface area contributed by atoms with Crippen LogP contribution in [0.5, 0.6) is 0 Å². The van der Waals surface area contributed by atoms with E-state index in [1.54, 1.807) is 17.6 Å². The first kappa shape index (κ1) is 22.2. The van der Waals surface area contributed by atoms with Crippen LogP contribution in [0.1, 0.15) is 23.5 Å². The third-order valence-electron chi connectivity index (χ3n) is 5.17. The Kier molecular flexibility index (Phi) is 6.58. The molecule has 2 aromatic heterocycles. The summed E-state index contributed by atoms with van der Waals surface area (Å²) in [5, 5.41) is 4.38. The topological polar surface area (TPSA) is 101 Å². The Bertz CT molecular complexity index is 1010. The summed E-state index contributed by atoms with van der Waals surface area (Å²) in [6, 6.07) is 5.10. The predicted molar refractivity (Wildman–Crippen MR) is 118 cm³/mol. The molecule has 2 aliphatic rings. The van der Waals surface area contributed by atoms with Crippen molar-refractivity contribution in [2.45, 2.75) is 31.0 Å². The molecule has 0 aliphatic carbocycles. The minimum Gasteiger partial charge on any atom is -0.379 e. The maximum absolute atomic E-state index is 13.0. The normalized spacial score (nSPS) is 23.0. The van der Waals surface area contributed by atoms with Crippen LogP contribution in [0.4, 0.5) is 11.5 Å². The molecule has 4 rings (SSSR count). The number of nitrogens with one attached hydrogen (secondary N) is 1. The molecule has 0 saturated carbocycles. The highest BCUT2D eigenvalue weighted by Crippen LogP contribution is 2.27.